The zero-order valence-electron chi connectivity index (χ0n) is 12.4. The normalized spacial score (nSPS) is 11.0. The number of rotatable bonds is 3. The molecule has 0 radical (unpaired) electrons. The average molecular weight is 301 g/mol. The maximum Gasteiger partial charge on any atom is 0.154 e. The smallest absolute Gasteiger partial charge is 0.154 e. The van der Waals surface area contributed by atoms with Crippen LogP contribution in [0.5, 0.6) is 0 Å². The minimum Gasteiger partial charge on any atom is -0.392 e. The molecule has 0 aliphatic heterocycles. The average Bonchev–Trinajstić information content (AvgIpc) is 3.05. The van der Waals surface area contributed by atoms with Crippen molar-refractivity contribution in [3.8, 4) is 22.5 Å². The van der Waals surface area contributed by atoms with Crippen molar-refractivity contribution >= 4 is 5.65 Å². The van der Waals surface area contributed by atoms with Gasteiger partial charge in [-0.15, -0.1) is 0 Å². The van der Waals surface area contributed by atoms with E-state index >= 15 is 0 Å². The molecule has 4 heteroatoms. The van der Waals surface area contributed by atoms with Crippen molar-refractivity contribution in [3.05, 3.63) is 78.5 Å². The molecule has 0 bridgehead atoms. The van der Waals surface area contributed by atoms with E-state index < -0.39 is 0 Å². The van der Waals surface area contributed by atoms with Gasteiger partial charge in [0.25, 0.3) is 0 Å². The molecule has 2 aromatic carbocycles. The highest BCUT2D eigenvalue weighted by Gasteiger charge is 2.08. The van der Waals surface area contributed by atoms with Gasteiger partial charge in [0.2, 0.25) is 0 Å². The van der Waals surface area contributed by atoms with Crippen LogP contribution in [0.3, 0.4) is 0 Å². The molecule has 0 atom stereocenters. The summed E-state index contributed by atoms with van der Waals surface area (Å²) >= 11 is 0. The van der Waals surface area contributed by atoms with E-state index in [1.165, 1.54) is 0 Å². The minimum absolute atomic E-state index is 0.0480. The number of aliphatic hydroxyl groups excluding tert-OH is 1. The fourth-order valence-corrected chi connectivity index (χ4v) is 2.61. The fraction of sp³-hybridized carbons (Fsp3) is 0.0526. The van der Waals surface area contributed by atoms with Gasteiger partial charge in [0, 0.05) is 11.1 Å². The molecule has 0 saturated carbocycles. The maximum atomic E-state index is 9.15. The fourth-order valence-electron chi connectivity index (χ4n) is 2.61. The molecule has 4 nitrogen and oxygen atoms in total. The lowest BCUT2D eigenvalue weighted by Crippen LogP contribution is -1.96. The van der Waals surface area contributed by atoms with Crippen LogP contribution in [0.2, 0.25) is 0 Å². The topological polar surface area (TPSA) is 50.4 Å². The van der Waals surface area contributed by atoms with Gasteiger partial charge in [-0.1, -0.05) is 54.6 Å². The Morgan fingerprint density at radius 2 is 1.61 bits per heavy atom. The van der Waals surface area contributed by atoms with E-state index in [0.29, 0.717) is 0 Å². The lowest BCUT2D eigenvalue weighted by Gasteiger charge is -2.05. The van der Waals surface area contributed by atoms with Crippen molar-refractivity contribution in [1.82, 2.24) is 14.6 Å². The minimum atomic E-state index is 0.0480. The Morgan fingerprint density at radius 3 is 2.35 bits per heavy atom. The summed E-state index contributed by atoms with van der Waals surface area (Å²) in [4.78, 5) is 4.42. The van der Waals surface area contributed by atoms with E-state index in [-0.39, 0.29) is 6.61 Å². The molecule has 2 aromatic heterocycles. The zero-order chi connectivity index (χ0) is 15.6. The van der Waals surface area contributed by atoms with Gasteiger partial charge in [-0.2, -0.15) is 5.10 Å². The number of hydrogen-bond donors (Lipinski definition) is 1. The molecular weight excluding hydrogens is 286 g/mol. The van der Waals surface area contributed by atoms with Crippen molar-refractivity contribution in [2.45, 2.75) is 6.61 Å². The van der Waals surface area contributed by atoms with Crippen LogP contribution >= 0.6 is 0 Å². The van der Waals surface area contributed by atoms with Crippen LogP contribution in [0.4, 0.5) is 0 Å². The van der Waals surface area contributed by atoms with Gasteiger partial charge in [0.05, 0.1) is 24.2 Å². The third-order valence-corrected chi connectivity index (χ3v) is 3.86. The van der Waals surface area contributed by atoms with E-state index in [2.05, 4.69) is 4.98 Å². The zero-order valence-corrected chi connectivity index (χ0v) is 12.4. The van der Waals surface area contributed by atoms with Crippen LogP contribution in [0.1, 0.15) is 5.56 Å². The van der Waals surface area contributed by atoms with Crippen molar-refractivity contribution in [1.29, 1.82) is 0 Å². The Bertz CT molecular complexity index is 943. The Kier molecular flexibility index (Phi) is 3.37. The van der Waals surface area contributed by atoms with Crippen LogP contribution in [-0.2, 0) is 6.61 Å². The first-order chi connectivity index (χ1) is 11.3. The number of nitrogens with zero attached hydrogens (tertiary/aromatic N) is 3. The van der Waals surface area contributed by atoms with Gasteiger partial charge in [-0.25, -0.2) is 9.50 Å². The van der Waals surface area contributed by atoms with Gasteiger partial charge < -0.3 is 5.11 Å². The molecule has 0 aliphatic carbocycles. The number of imidazole rings is 1. The van der Waals surface area contributed by atoms with Crippen molar-refractivity contribution in [2.75, 3.05) is 0 Å². The second kappa shape index (κ2) is 5.66. The van der Waals surface area contributed by atoms with E-state index in [1.807, 2.05) is 77.4 Å². The number of hydrogen-bond acceptors (Lipinski definition) is 3. The third-order valence-electron chi connectivity index (χ3n) is 3.86. The highest BCUT2D eigenvalue weighted by atomic mass is 16.3. The van der Waals surface area contributed by atoms with Gasteiger partial charge in [-0.3, -0.25) is 0 Å². The van der Waals surface area contributed by atoms with Crippen molar-refractivity contribution in [3.63, 3.8) is 0 Å². The molecule has 0 aliphatic rings. The molecule has 0 unspecified atom stereocenters. The lowest BCUT2D eigenvalue weighted by atomic mass is 10.1. The Hall–Kier alpha value is -2.98. The SMILES string of the molecule is OCc1ccc(-c2ccc3ncc(-c4ccccc4)n3n2)cc1. The van der Waals surface area contributed by atoms with E-state index in [0.717, 1.165) is 33.7 Å². The highest BCUT2D eigenvalue weighted by Crippen LogP contribution is 2.23. The first kappa shape index (κ1) is 13.7. The number of aliphatic hydroxyl groups is 1. The molecule has 0 amide bonds. The molecule has 1 N–H and O–H groups in total. The maximum absolute atomic E-state index is 9.15. The largest absolute Gasteiger partial charge is 0.392 e. The number of benzene rings is 2. The summed E-state index contributed by atoms with van der Waals surface area (Å²) in [6.07, 6.45) is 1.84. The first-order valence-corrected chi connectivity index (χ1v) is 7.45. The molecule has 2 heterocycles. The Labute approximate surface area is 133 Å². The van der Waals surface area contributed by atoms with Crippen molar-refractivity contribution in [2.24, 2.45) is 0 Å². The van der Waals surface area contributed by atoms with Crippen LogP contribution < -0.4 is 0 Å². The third kappa shape index (κ3) is 2.49. The lowest BCUT2D eigenvalue weighted by molar-refractivity contribution is 0.282. The predicted molar refractivity (Wildman–Crippen MR) is 89.8 cm³/mol. The Morgan fingerprint density at radius 1 is 0.826 bits per heavy atom. The molecular formula is C19H15N3O. The molecule has 0 fully saturated rings. The summed E-state index contributed by atoms with van der Waals surface area (Å²) in [6.45, 7) is 0.0480. The summed E-state index contributed by atoms with van der Waals surface area (Å²) in [7, 11) is 0. The van der Waals surface area contributed by atoms with Crippen molar-refractivity contribution < 1.29 is 5.11 Å². The standard InChI is InChI=1S/C19H15N3O/c23-13-14-6-8-15(9-7-14)17-10-11-19-20-12-18(22(19)21-17)16-4-2-1-3-5-16/h1-12,23H,13H2. The van der Waals surface area contributed by atoms with Crippen LogP contribution in [-0.4, -0.2) is 19.7 Å². The molecule has 0 spiro atoms. The van der Waals surface area contributed by atoms with Gasteiger partial charge in [0.15, 0.2) is 5.65 Å². The number of aromatic nitrogens is 3. The number of fused-ring (bicyclic) bond motifs is 1. The summed E-state index contributed by atoms with van der Waals surface area (Å²) in [6, 6.07) is 21.8. The molecule has 4 aromatic rings. The van der Waals surface area contributed by atoms with Gasteiger partial charge >= 0.3 is 0 Å². The predicted octanol–water partition coefficient (Wildman–Crippen LogP) is 3.56. The van der Waals surface area contributed by atoms with E-state index in [9.17, 15) is 0 Å². The molecule has 112 valence electrons. The Balaban J connectivity index is 1.83. The summed E-state index contributed by atoms with van der Waals surface area (Å²) in [5.74, 6) is 0. The van der Waals surface area contributed by atoms with Gasteiger partial charge in [0.1, 0.15) is 0 Å². The highest BCUT2D eigenvalue weighted by molar-refractivity contribution is 5.65. The quantitative estimate of drug-likeness (QED) is 0.629. The summed E-state index contributed by atoms with van der Waals surface area (Å²) in [5.41, 5.74) is 5.64. The monoisotopic (exact) mass is 301 g/mol. The second-order valence-corrected chi connectivity index (χ2v) is 5.35. The molecule has 0 saturated heterocycles. The van der Waals surface area contributed by atoms with E-state index in [4.69, 9.17) is 10.2 Å². The molecule has 4 rings (SSSR count). The second-order valence-electron chi connectivity index (χ2n) is 5.35. The first-order valence-electron chi connectivity index (χ1n) is 7.45. The summed E-state index contributed by atoms with van der Waals surface area (Å²) in [5, 5.41) is 13.9. The van der Waals surface area contributed by atoms with E-state index in [1.54, 1.807) is 0 Å². The van der Waals surface area contributed by atoms with Crippen LogP contribution in [0.15, 0.2) is 72.9 Å². The van der Waals surface area contributed by atoms with Crippen LogP contribution in [0, 0.1) is 0 Å². The molecule has 23 heavy (non-hydrogen) atoms. The summed E-state index contributed by atoms with van der Waals surface area (Å²) < 4.78 is 1.87. The van der Waals surface area contributed by atoms with Gasteiger partial charge in [-0.05, 0) is 17.7 Å². The van der Waals surface area contributed by atoms with Crippen LogP contribution in [0.25, 0.3) is 28.2 Å².